The van der Waals surface area contributed by atoms with Gasteiger partial charge in [0.05, 0.1) is 39.6 Å². The highest BCUT2D eigenvalue weighted by Gasteiger charge is 2.33. The number of amides is 2. The van der Waals surface area contributed by atoms with Crippen LogP contribution in [0.1, 0.15) is 5.56 Å². The molecule has 2 aromatic heterocycles. The molecule has 2 aromatic carbocycles. The fourth-order valence-corrected chi connectivity index (χ4v) is 3.13. The van der Waals surface area contributed by atoms with Gasteiger partial charge in [-0.15, -0.1) is 0 Å². The first-order valence-electron chi connectivity index (χ1n) is 8.76. The normalized spacial score (nSPS) is 11.5. The molecule has 0 unspecified atom stereocenters. The molecule has 0 aliphatic heterocycles. The molecule has 4 rings (SSSR count). The number of anilines is 2. The molecule has 2 heterocycles. The van der Waals surface area contributed by atoms with Gasteiger partial charge < -0.3 is 5.32 Å². The van der Waals surface area contributed by atoms with Gasteiger partial charge in [-0.2, -0.15) is 18.3 Å². The first kappa shape index (κ1) is 20.6. The summed E-state index contributed by atoms with van der Waals surface area (Å²) in [6.45, 7) is 0. The summed E-state index contributed by atoms with van der Waals surface area (Å²) in [5.41, 5.74) is -0.0734. The third-order valence-electron chi connectivity index (χ3n) is 4.32. The van der Waals surface area contributed by atoms with Crippen LogP contribution in [0.15, 0.2) is 60.9 Å². The van der Waals surface area contributed by atoms with E-state index in [1.807, 2.05) is 0 Å². The number of alkyl halides is 3. The van der Waals surface area contributed by atoms with Crippen molar-refractivity contribution in [1.82, 2.24) is 14.8 Å². The van der Waals surface area contributed by atoms with E-state index >= 15 is 0 Å². The molecule has 0 saturated carbocycles. The van der Waals surface area contributed by atoms with E-state index < -0.39 is 28.6 Å². The minimum Gasteiger partial charge on any atom is -0.308 e. The number of carbonyl (C=O) groups excluding carboxylic acids is 1. The van der Waals surface area contributed by atoms with Gasteiger partial charge in [0.1, 0.15) is 11.6 Å². The maximum absolute atomic E-state index is 13.8. The maximum atomic E-state index is 13.8. The lowest BCUT2D eigenvalue weighted by Crippen LogP contribution is -2.20. The SMILES string of the molecule is O=C(Nc1ccc(Cl)c(C(F)(F)F)c1)Nc1ccc(-n2ncc3c(F)cccc32)cn1. The number of rotatable bonds is 3. The molecule has 0 fully saturated rings. The quantitative estimate of drug-likeness (QED) is 0.384. The van der Waals surface area contributed by atoms with Gasteiger partial charge in [0.25, 0.3) is 0 Å². The van der Waals surface area contributed by atoms with Gasteiger partial charge in [-0.1, -0.05) is 17.7 Å². The van der Waals surface area contributed by atoms with Crippen LogP contribution in [0.4, 0.5) is 33.9 Å². The Kier molecular flexibility index (Phi) is 5.24. The standard InChI is InChI=1S/C20H12ClF4N5O/c21-15-6-4-11(8-14(15)20(23,24)25)28-19(31)29-18-7-5-12(9-26-18)30-17-3-1-2-16(22)13(17)10-27-30/h1-10H,(H2,26,28,29,31). The van der Waals surface area contributed by atoms with Crippen molar-refractivity contribution in [2.45, 2.75) is 6.18 Å². The summed E-state index contributed by atoms with van der Waals surface area (Å²) in [7, 11) is 0. The summed E-state index contributed by atoms with van der Waals surface area (Å²) in [4.78, 5) is 16.2. The van der Waals surface area contributed by atoms with Gasteiger partial charge in [-0.25, -0.2) is 18.9 Å². The summed E-state index contributed by atoms with van der Waals surface area (Å²) in [5.74, 6) is -0.253. The van der Waals surface area contributed by atoms with Crippen LogP contribution in [0.25, 0.3) is 16.6 Å². The first-order valence-corrected chi connectivity index (χ1v) is 9.13. The highest BCUT2D eigenvalue weighted by atomic mass is 35.5. The summed E-state index contributed by atoms with van der Waals surface area (Å²) in [6, 6.07) is 9.91. The van der Waals surface area contributed by atoms with Crippen LogP contribution in [0.3, 0.4) is 0 Å². The molecule has 0 aliphatic rings. The van der Waals surface area contributed by atoms with E-state index in [-0.39, 0.29) is 11.5 Å². The minimum atomic E-state index is -4.65. The van der Waals surface area contributed by atoms with Crippen LogP contribution < -0.4 is 10.6 Å². The Bertz CT molecular complexity index is 1270. The summed E-state index contributed by atoms with van der Waals surface area (Å²) in [5, 5.41) is 8.74. The van der Waals surface area contributed by atoms with E-state index in [0.717, 1.165) is 12.1 Å². The number of fused-ring (bicyclic) bond motifs is 1. The van der Waals surface area contributed by atoms with Gasteiger partial charge >= 0.3 is 12.2 Å². The Morgan fingerprint density at radius 1 is 1.03 bits per heavy atom. The van der Waals surface area contributed by atoms with Crippen LogP contribution in [0.5, 0.6) is 0 Å². The van der Waals surface area contributed by atoms with Crippen LogP contribution in [-0.4, -0.2) is 20.8 Å². The third-order valence-corrected chi connectivity index (χ3v) is 4.65. The van der Waals surface area contributed by atoms with Crippen molar-refractivity contribution in [3.05, 3.63) is 77.3 Å². The average Bonchev–Trinajstić information content (AvgIpc) is 3.15. The summed E-state index contributed by atoms with van der Waals surface area (Å²) in [6.07, 6.45) is -1.84. The number of nitrogens with one attached hydrogen (secondary N) is 2. The number of benzene rings is 2. The number of urea groups is 1. The van der Waals surface area contributed by atoms with E-state index in [0.29, 0.717) is 16.6 Å². The molecule has 11 heteroatoms. The molecule has 0 saturated heterocycles. The van der Waals surface area contributed by atoms with Crippen molar-refractivity contribution < 1.29 is 22.4 Å². The van der Waals surface area contributed by atoms with Crippen molar-refractivity contribution in [2.75, 3.05) is 10.6 Å². The molecular formula is C20H12ClF4N5O. The van der Waals surface area contributed by atoms with E-state index in [4.69, 9.17) is 11.6 Å². The molecular weight excluding hydrogens is 438 g/mol. The highest BCUT2D eigenvalue weighted by Crippen LogP contribution is 2.36. The smallest absolute Gasteiger partial charge is 0.308 e. The van der Waals surface area contributed by atoms with Crippen LogP contribution >= 0.6 is 11.6 Å². The Morgan fingerprint density at radius 3 is 2.55 bits per heavy atom. The highest BCUT2D eigenvalue weighted by molar-refractivity contribution is 6.31. The second-order valence-corrected chi connectivity index (χ2v) is 6.81. The van der Waals surface area contributed by atoms with E-state index in [1.165, 1.54) is 35.3 Å². The third kappa shape index (κ3) is 4.29. The molecule has 2 N–H and O–H groups in total. The number of halogens is 5. The molecule has 0 radical (unpaired) electrons. The largest absolute Gasteiger partial charge is 0.417 e. The number of hydrogen-bond acceptors (Lipinski definition) is 3. The molecule has 0 bridgehead atoms. The molecule has 2 amide bonds. The number of carbonyl (C=O) groups is 1. The van der Waals surface area contributed by atoms with Gasteiger partial charge in [0.2, 0.25) is 0 Å². The number of pyridine rings is 1. The van der Waals surface area contributed by atoms with Crippen molar-refractivity contribution >= 4 is 40.0 Å². The van der Waals surface area contributed by atoms with E-state index in [2.05, 4.69) is 20.7 Å². The average molecular weight is 450 g/mol. The Hall–Kier alpha value is -3.66. The zero-order valence-electron chi connectivity index (χ0n) is 15.4. The summed E-state index contributed by atoms with van der Waals surface area (Å²) < 4.78 is 54.1. The molecule has 0 atom stereocenters. The van der Waals surface area contributed by atoms with Crippen molar-refractivity contribution in [3.8, 4) is 5.69 Å². The Labute approximate surface area is 177 Å². The fraction of sp³-hybridized carbons (Fsp3) is 0.0500. The maximum Gasteiger partial charge on any atom is 0.417 e. The Balaban J connectivity index is 1.48. The second-order valence-electron chi connectivity index (χ2n) is 6.40. The molecule has 158 valence electrons. The van der Waals surface area contributed by atoms with Gasteiger partial charge in [-0.05, 0) is 42.5 Å². The fourth-order valence-electron chi connectivity index (χ4n) is 2.91. The lowest BCUT2D eigenvalue weighted by molar-refractivity contribution is -0.137. The molecule has 6 nitrogen and oxygen atoms in total. The predicted octanol–water partition coefficient (Wildman–Crippen LogP) is 5.88. The molecule has 0 aliphatic carbocycles. The molecule has 0 spiro atoms. The predicted molar refractivity (Wildman–Crippen MR) is 108 cm³/mol. The van der Waals surface area contributed by atoms with Crippen LogP contribution in [-0.2, 0) is 6.18 Å². The first-order chi connectivity index (χ1) is 14.7. The van der Waals surface area contributed by atoms with E-state index in [1.54, 1.807) is 18.2 Å². The zero-order valence-corrected chi connectivity index (χ0v) is 16.2. The summed E-state index contributed by atoms with van der Waals surface area (Å²) >= 11 is 5.56. The van der Waals surface area contributed by atoms with Gasteiger partial charge in [-0.3, -0.25) is 5.32 Å². The van der Waals surface area contributed by atoms with E-state index in [9.17, 15) is 22.4 Å². The van der Waals surface area contributed by atoms with Crippen LogP contribution in [0, 0.1) is 5.82 Å². The zero-order chi connectivity index (χ0) is 22.2. The Morgan fingerprint density at radius 2 is 1.84 bits per heavy atom. The van der Waals surface area contributed by atoms with Crippen molar-refractivity contribution in [1.29, 1.82) is 0 Å². The van der Waals surface area contributed by atoms with Crippen molar-refractivity contribution in [3.63, 3.8) is 0 Å². The molecule has 4 aromatic rings. The van der Waals surface area contributed by atoms with Crippen LogP contribution in [0.2, 0.25) is 5.02 Å². The van der Waals surface area contributed by atoms with Gasteiger partial charge in [0.15, 0.2) is 0 Å². The second kappa shape index (κ2) is 7.88. The monoisotopic (exact) mass is 449 g/mol. The van der Waals surface area contributed by atoms with Gasteiger partial charge in [0, 0.05) is 5.69 Å². The molecule has 31 heavy (non-hydrogen) atoms. The minimum absolute atomic E-state index is 0.0871. The lowest BCUT2D eigenvalue weighted by Gasteiger charge is -2.12. The van der Waals surface area contributed by atoms with Crippen molar-refractivity contribution in [2.24, 2.45) is 0 Å². The lowest BCUT2D eigenvalue weighted by atomic mass is 10.2. The number of hydrogen-bond donors (Lipinski definition) is 2. The number of aromatic nitrogens is 3. The topological polar surface area (TPSA) is 71.8 Å². The number of nitrogens with zero attached hydrogens (tertiary/aromatic N) is 3.